The van der Waals surface area contributed by atoms with Gasteiger partial charge in [0.1, 0.15) is 5.75 Å². The Morgan fingerprint density at radius 3 is 2.55 bits per heavy atom. The van der Waals surface area contributed by atoms with E-state index in [1.165, 1.54) is 0 Å². The summed E-state index contributed by atoms with van der Waals surface area (Å²) in [5.74, 6) is 0.0526. The Hall–Kier alpha value is -2.05. The largest absolute Gasteiger partial charge is 0.494 e. The van der Waals surface area contributed by atoms with Crippen molar-refractivity contribution < 1.29 is 22.7 Å². The molecule has 20 heavy (non-hydrogen) atoms. The number of alkyl halides is 3. The third kappa shape index (κ3) is 3.72. The average molecular weight is 286 g/mol. The van der Waals surface area contributed by atoms with Gasteiger partial charge >= 0.3 is 6.18 Å². The molecule has 1 heterocycles. The highest BCUT2D eigenvalue weighted by molar-refractivity contribution is 6.07. The number of amides is 1. The Kier molecular flexibility index (Phi) is 4.26. The summed E-state index contributed by atoms with van der Waals surface area (Å²) < 4.78 is 42.5. The van der Waals surface area contributed by atoms with Crippen LogP contribution in [0.2, 0.25) is 0 Å². The molecular formula is C13H13F3N2O2. The standard InChI is InChI=1S/C13H13F3N2O2/c14-13(15,16)11-9-12(19)18(17-11)7-4-8-20-10-5-2-1-3-6-10/h1-3,5-6H,4,7-9H2. The molecule has 4 nitrogen and oxygen atoms in total. The number of nitrogens with zero attached hydrogens (tertiary/aromatic N) is 2. The van der Waals surface area contributed by atoms with Crippen LogP contribution in [0.1, 0.15) is 12.8 Å². The second-order valence-electron chi connectivity index (χ2n) is 4.25. The van der Waals surface area contributed by atoms with E-state index >= 15 is 0 Å². The van der Waals surface area contributed by atoms with E-state index in [4.69, 9.17) is 4.74 Å². The summed E-state index contributed by atoms with van der Waals surface area (Å²) in [6.07, 6.45) is -4.80. The van der Waals surface area contributed by atoms with Crippen LogP contribution in [-0.2, 0) is 4.79 Å². The third-order valence-electron chi connectivity index (χ3n) is 2.70. The summed E-state index contributed by atoms with van der Waals surface area (Å²) >= 11 is 0. The predicted octanol–water partition coefficient (Wildman–Crippen LogP) is 2.61. The molecule has 0 N–H and O–H groups in total. The van der Waals surface area contributed by atoms with Crippen molar-refractivity contribution in [3.8, 4) is 5.75 Å². The van der Waals surface area contributed by atoms with Crippen molar-refractivity contribution in [2.24, 2.45) is 5.10 Å². The van der Waals surface area contributed by atoms with Crippen LogP contribution in [-0.4, -0.2) is 36.0 Å². The maximum absolute atomic E-state index is 12.4. The van der Waals surface area contributed by atoms with Crippen molar-refractivity contribution >= 4 is 11.6 Å². The Morgan fingerprint density at radius 1 is 1.25 bits per heavy atom. The smallest absolute Gasteiger partial charge is 0.431 e. The van der Waals surface area contributed by atoms with Crippen molar-refractivity contribution in [2.75, 3.05) is 13.2 Å². The van der Waals surface area contributed by atoms with E-state index in [2.05, 4.69) is 5.10 Å². The van der Waals surface area contributed by atoms with Crippen LogP contribution in [0, 0.1) is 0 Å². The first-order chi connectivity index (χ1) is 9.47. The fraction of sp³-hybridized carbons (Fsp3) is 0.385. The van der Waals surface area contributed by atoms with Crippen LogP contribution in [0.25, 0.3) is 0 Å². The summed E-state index contributed by atoms with van der Waals surface area (Å²) in [6.45, 7) is 0.426. The van der Waals surface area contributed by atoms with Crippen molar-refractivity contribution in [3.63, 3.8) is 0 Å². The quantitative estimate of drug-likeness (QED) is 0.781. The number of hydrogen-bond donors (Lipinski definition) is 0. The molecule has 2 rings (SSSR count). The summed E-state index contributed by atoms with van der Waals surface area (Å²) in [5, 5.41) is 4.16. The van der Waals surface area contributed by atoms with Gasteiger partial charge in [-0.3, -0.25) is 4.79 Å². The van der Waals surface area contributed by atoms with E-state index in [-0.39, 0.29) is 6.54 Å². The minimum Gasteiger partial charge on any atom is -0.494 e. The van der Waals surface area contributed by atoms with Gasteiger partial charge in [0, 0.05) is 13.0 Å². The van der Waals surface area contributed by atoms with Crippen molar-refractivity contribution in [3.05, 3.63) is 30.3 Å². The van der Waals surface area contributed by atoms with Crippen LogP contribution >= 0.6 is 0 Å². The van der Waals surface area contributed by atoms with Crippen molar-refractivity contribution in [1.82, 2.24) is 5.01 Å². The van der Waals surface area contributed by atoms with E-state index in [9.17, 15) is 18.0 Å². The molecule has 1 aliphatic rings. The molecule has 0 spiro atoms. The maximum atomic E-state index is 12.4. The van der Waals surface area contributed by atoms with E-state index in [1.807, 2.05) is 18.2 Å². The van der Waals surface area contributed by atoms with Gasteiger partial charge in [-0.15, -0.1) is 0 Å². The zero-order valence-electron chi connectivity index (χ0n) is 10.6. The molecule has 0 aromatic heterocycles. The molecule has 0 aliphatic carbocycles. The van der Waals surface area contributed by atoms with Gasteiger partial charge in [-0.05, 0) is 12.1 Å². The van der Waals surface area contributed by atoms with E-state index in [0.717, 1.165) is 5.01 Å². The highest BCUT2D eigenvalue weighted by Crippen LogP contribution is 2.24. The van der Waals surface area contributed by atoms with Crippen LogP contribution < -0.4 is 4.74 Å². The van der Waals surface area contributed by atoms with E-state index in [1.54, 1.807) is 12.1 Å². The van der Waals surface area contributed by atoms with Gasteiger partial charge in [-0.2, -0.15) is 18.3 Å². The first-order valence-corrected chi connectivity index (χ1v) is 6.10. The molecule has 1 aromatic carbocycles. The fourth-order valence-electron chi connectivity index (χ4n) is 1.72. The molecule has 0 radical (unpaired) electrons. The van der Waals surface area contributed by atoms with Crippen LogP contribution in [0.15, 0.2) is 35.4 Å². The molecule has 0 fully saturated rings. The molecule has 0 atom stereocenters. The number of ether oxygens (including phenoxy) is 1. The van der Waals surface area contributed by atoms with Crippen LogP contribution in [0.5, 0.6) is 5.75 Å². The van der Waals surface area contributed by atoms with Crippen LogP contribution in [0.3, 0.4) is 0 Å². The van der Waals surface area contributed by atoms with Gasteiger partial charge in [0.05, 0.1) is 13.0 Å². The highest BCUT2D eigenvalue weighted by atomic mass is 19.4. The molecule has 1 aliphatic heterocycles. The number of halogens is 3. The number of hydrazone groups is 1. The normalized spacial score (nSPS) is 15.4. The zero-order chi connectivity index (χ0) is 14.6. The second-order valence-corrected chi connectivity index (χ2v) is 4.25. The SMILES string of the molecule is O=C1CC(C(F)(F)F)=NN1CCCOc1ccccc1. The number of carbonyl (C=O) groups excluding carboxylic acids is 1. The number of para-hydroxylation sites is 1. The molecule has 1 amide bonds. The Bertz CT molecular complexity index is 500. The molecule has 1 aromatic rings. The molecule has 0 saturated heterocycles. The fourth-order valence-corrected chi connectivity index (χ4v) is 1.72. The number of carbonyl (C=O) groups is 1. The van der Waals surface area contributed by atoms with Gasteiger partial charge in [-0.1, -0.05) is 18.2 Å². The average Bonchev–Trinajstić information content (AvgIpc) is 2.77. The monoisotopic (exact) mass is 286 g/mol. The van der Waals surface area contributed by atoms with Gasteiger partial charge < -0.3 is 4.74 Å². The zero-order valence-corrected chi connectivity index (χ0v) is 10.6. The highest BCUT2D eigenvalue weighted by Gasteiger charge is 2.42. The lowest BCUT2D eigenvalue weighted by Gasteiger charge is -2.12. The summed E-state index contributed by atoms with van der Waals surface area (Å²) in [7, 11) is 0. The molecular weight excluding hydrogens is 273 g/mol. The van der Waals surface area contributed by atoms with E-state index in [0.29, 0.717) is 18.8 Å². The Labute approximate surface area is 113 Å². The molecule has 108 valence electrons. The lowest BCUT2D eigenvalue weighted by atomic mass is 10.2. The topological polar surface area (TPSA) is 41.9 Å². The predicted molar refractivity (Wildman–Crippen MR) is 66.4 cm³/mol. The lowest BCUT2D eigenvalue weighted by molar-refractivity contribution is -0.128. The first-order valence-electron chi connectivity index (χ1n) is 6.10. The summed E-state index contributed by atoms with van der Waals surface area (Å²) in [4.78, 5) is 11.4. The van der Waals surface area contributed by atoms with Gasteiger partial charge in [0.15, 0.2) is 5.71 Å². The van der Waals surface area contributed by atoms with Gasteiger partial charge in [-0.25, -0.2) is 5.01 Å². The lowest BCUT2D eigenvalue weighted by Crippen LogP contribution is -2.23. The number of hydrogen-bond acceptors (Lipinski definition) is 3. The molecule has 0 unspecified atom stereocenters. The van der Waals surface area contributed by atoms with Gasteiger partial charge in [0.25, 0.3) is 0 Å². The Balaban J connectivity index is 1.77. The maximum Gasteiger partial charge on any atom is 0.431 e. The first kappa shape index (κ1) is 14.4. The Morgan fingerprint density at radius 2 is 1.95 bits per heavy atom. The summed E-state index contributed by atoms with van der Waals surface area (Å²) in [5.41, 5.74) is -1.04. The molecule has 7 heteroatoms. The molecule has 0 saturated carbocycles. The minimum absolute atomic E-state index is 0.116. The summed E-state index contributed by atoms with van der Waals surface area (Å²) in [6, 6.07) is 9.05. The van der Waals surface area contributed by atoms with Crippen molar-refractivity contribution in [2.45, 2.75) is 19.0 Å². The van der Waals surface area contributed by atoms with Gasteiger partial charge in [0.2, 0.25) is 5.91 Å². The third-order valence-corrected chi connectivity index (χ3v) is 2.70. The number of benzene rings is 1. The molecule has 0 bridgehead atoms. The minimum atomic E-state index is -4.54. The van der Waals surface area contributed by atoms with Crippen LogP contribution in [0.4, 0.5) is 13.2 Å². The second kappa shape index (κ2) is 5.94. The van der Waals surface area contributed by atoms with E-state index < -0.39 is 24.2 Å². The van der Waals surface area contributed by atoms with Crippen molar-refractivity contribution in [1.29, 1.82) is 0 Å². The number of rotatable bonds is 5.